The van der Waals surface area contributed by atoms with E-state index in [-0.39, 0.29) is 13.2 Å². The first kappa shape index (κ1) is 26.9. The van der Waals surface area contributed by atoms with Crippen molar-refractivity contribution in [3.8, 4) is 22.3 Å². The highest BCUT2D eigenvalue weighted by Gasteiger charge is 2.65. The topological polar surface area (TPSA) is 40.5 Å². The molecule has 0 spiro atoms. The van der Waals surface area contributed by atoms with Gasteiger partial charge in [0.05, 0.1) is 0 Å². The van der Waals surface area contributed by atoms with E-state index in [0.29, 0.717) is 25.7 Å². The van der Waals surface area contributed by atoms with Gasteiger partial charge in [0.1, 0.15) is 0 Å². The van der Waals surface area contributed by atoms with Gasteiger partial charge in [0.2, 0.25) is 0 Å². The van der Waals surface area contributed by atoms with Gasteiger partial charge in [0.15, 0.2) is 3.79 Å². The Hall–Kier alpha value is -2.33. The highest BCUT2D eigenvalue weighted by molar-refractivity contribution is 6.68. The molecule has 6 rings (SSSR count). The summed E-state index contributed by atoms with van der Waals surface area (Å²) in [6.07, 6.45) is 2.33. The number of fused-ring (bicyclic) bond motifs is 6. The molecule has 0 aromatic heterocycles. The molecular formula is C34H31Cl3O2. The van der Waals surface area contributed by atoms with Crippen LogP contribution in [0.25, 0.3) is 22.3 Å². The van der Waals surface area contributed by atoms with Crippen LogP contribution in [-0.4, -0.2) is 27.2 Å². The maximum Gasteiger partial charge on any atom is 0.195 e. The summed E-state index contributed by atoms with van der Waals surface area (Å²) in [7, 11) is 0. The third kappa shape index (κ3) is 3.91. The van der Waals surface area contributed by atoms with Gasteiger partial charge in [0, 0.05) is 30.0 Å². The van der Waals surface area contributed by atoms with Crippen LogP contribution in [0, 0.1) is 5.92 Å². The molecule has 0 atom stereocenters. The number of hydrogen-bond acceptors (Lipinski definition) is 2. The molecule has 2 aliphatic rings. The maximum atomic E-state index is 10.2. The number of aliphatic hydroxyl groups excluding tert-OH is 2. The van der Waals surface area contributed by atoms with Gasteiger partial charge in [-0.05, 0) is 70.2 Å². The number of benzene rings is 4. The van der Waals surface area contributed by atoms with Gasteiger partial charge < -0.3 is 10.2 Å². The lowest BCUT2D eigenvalue weighted by Gasteiger charge is -2.53. The molecule has 0 saturated carbocycles. The summed E-state index contributed by atoms with van der Waals surface area (Å²) in [6.45, 7) is 0.0744. The van der Waals surface area contributed by atoms with E-state index in [9.17, 15) is 10.2 Å². The van der Waals surface area contributed by atoms with Crippen LogP contribution in [0.2, 0.25) is 0 Å². The molecule has 0 heterocycles. The minimum Gasteiger partial charge on any atom is -0.396 e. The van der Waals surface area contributed by atoms with Crippen molar-refractivity contribution in [1.82, 2.24) is 0 Å². The van der Waals surface area contributed by atoms with Crippen LogP contribution in [0.4, 0.5) is 0 Å². The number of hydrogen-bond donors (Lipinski definition) is 2. The molecule has 0 aliphatic heterocycles. The SMILES string of the molecule is OCCCC1(C(C(Cl)(Cl)Cl)C2(CCCO)c3ccccc3-c3ccccc32)c2ccccc2-c2ccccc21. The van der Waals surface area contributed by atoms with Crippen molar-refractivity contribution in [1.29, 1.82) is 0 Å². The van der Waals surface area contributed by atoms with Crippen molar-refractivity contribution >= 4 is 34.8 Å². The summed E-state index contributed by atoms with van der Waals surface area (Å²) < 4.78 is -1.69. The van der Waals surface area contributed by atoms with E-state index in [1.807, 2.05) is 0 Å². The molecule has 0 saturated heterocycles. The van der Waals surface area contributed by atoms with Gasteiger partial charge in [-0.3, -0.25) is 0 Å². The lowest BCUT2D eigenvalue weighted by molar-refractivity contribution is 0.165. The standard InChI is InChI=1S/C34H31Cl3O2/c35-34(36,37)31(32(19-9-21-38)27-15-5-1-11-23(27)24-12-2-6-16-28(24)32)33(20-10-22-39)29-17-7-3-13-25(29)26-14-4-8-18-30(26)33/h1-8,11-18,31,38-39H,9-10,19-22H2. The zero-order valence-electron chi connectivity index (χ0n) is 21.6. The zero-order chi connectivity index (χ0) is 27.3. The Bertz CT molecular complexity index is 1310. The molecule has 0 unspecified atom stereocenters. The molecule has 200 valence electrons. The van der Waals surface area contributed by atoms with Gasteiger partial charge in [-0.1, -0.05) is 132 Å². The summed E-state index contributed by atoms with van der Waals surface area (Å²) in [4.78, 5) is 0. The normalized spacial score (nSPS) is 16.1. The van der Waals surface area contributed by atoms with Crippen LogP contribution in [0.15, 0.2) is 97.1 Å². The number of aliphatic hydroxyl groups is 2. The van der Waals surface area contributed by atoms with Gasteiger partial charge in [-0.25, -0.2) is 0 Å². The highest BCUT2D eigenvalue weighted by atomic mass is 35.6. The van der Waals surface area contributed by atoms with Crippen molar-refractivity contribution < 1.29 is 10.2 Å². The van der Waals surface area contributed by atoms with Crippen molar-refractivity contribution in [2.75, 3.05) is 13.2 Å². The van der Waals surface area contributed by atoms with Gasteiger partial charge in [-0.15, -0.1) is 0 Å². The summed E-state index contributed by atoms with van der Waals surface area (Å²) in [5.41, 5.74) is 7.65. The van der Waals surface area contributed by atoms with Crippen LogP contribution in [0.1, 0.15) is 47.9 Å². The van der Waals surface area contributed by atoms with E-state index >= 15 is 0 Å². The second kappa shape index (κ2) is 10.3. The fourth-order valence-electron chi connectivity index (χ4n) is 7.86. The van der Waals surface area contributed by atoms with Crippen molar-refractivity contribution in [3.05, 3.63) is 119 Å². The van der Waals surface area contributed by atoms with Crippen LogP contribution < -0.4 is 0 Å². The second-order valence-corrected chi connectivity index (χ2v) is 13.1. The van der Waals surface area contributed by atoms with Gasteiger partial charge >= 0.3 is 0 Å². The first-order valence-corrected chi connectivity index (χ1v) is 14.7. The van der Waals surface area contributed by atoms with E-state index in [1.165, 1.54) is 0 Å². The van der Waals surface area contributed by atoms with Crippen LogP contribution in [-0.2, 0) is 10.8 Å². The molecule has 0 bridgehead atoms. The second-order valence-electron chi connectivity index (χ2n) is 10.8. The van der Waals surface area contributed by atoms with E-state index in [2.05, 4.69) is 97.1 Å². The molecular weight excluding hydrogens is 547 g/mol. The molecule has 4 aromatic carbocycles. The molecule has 2 nitrogen and oxygen atoms in total. The summed E-state index contributed by atoms with van der Waals surface area (Å²) in [5.74, 6) is -0.546. The van der Waals surface area contributed by atoms with Crippen molar-refractivity contribution in [3.63, 3.8) is 0 Å². The summed E-state index contributed by atoms with van der Waals surface area (Å²) in [5, 5.41) is 20.4. The molecule has 2 aliphatic carbocycles. The minimum absolute atomic E-state index is 0.0372. The summed E-state index contributed by atoms with van der Waals surface area (Å²) >= 11 is 21.8. The van der Waals surface area contributed by atoms with Crippen LogP contribution in [0.5, 0.6) is 0 Å². The average molecular weight is 578 g/mol. The Morgan fingerprint density at radius 1 is 0.513 bits per heavy atom. The zero-order valence-corrected chi connectivity index (χ0v) is 23.9. The van der Waals surface area contributed by atoms with Gasteiger partial charge in [-0.2, -0.15) is 0 Å². The molecule has 4 aromatic rings. The molecule has 2 N–H and O–H groups in total. The quantitative estimate of drug-likeness (QED) is 0.206. The van der Waals surface area contributed by atoms with Crippen LogP contribution in [0.3, 0.4) is 0 Å². The fourth-order valence-corrected chi connectivity index (χ4v) is 8.98. The van der Waals surface area contributed by atoms with Crippen molar-refractivity contribution in [2.45, 2.75) is 40.3 Å². The molecule has 0 fully saturated rings. The summed E-state index contributed by atoms with van der Waals surface area (Å²) in [6, 6.07) is 33.8. The fraction of sp³-hybridized carbons (Fsp3) is 0.294. The smallest absolute Gasteiger partial charge is 0.195 e. The predicted octanol–water partition coefficient (Wildman–Crippen LogP) is 8.45. The first-order chi connectivity index (χ1) is 18.9. The Kier molecular flexibility index (Phi) is 7.06. The van der Waals surface area contributed by atoms with Crippen molar-refractivity contribution in [2.24, 2.45) is 5.92 Å². The minimum atomic E-state index is -1.69. The number of alkyl halides is 3. The molecule has 39 heavy (non-hydrogen) atoms. The maximum absolute atomic E-state index is 10.2. The van der Waals surface area contributed by atoms with E-state index < -0.39 is 20.5 Å². The Labute approximate surface area is 245 Å². The Balaban J connectivity index is 1.77. The third-order valence-corrected chi connectivity index (χ3v) is 9.64. The molecule has 0 amide bonds. The molecule has 0 radical (unpaired) electrons. The highest BCUT2D eigenvalue weighted by Crippen LogP contribution is 2.69. The third-order valence-electron chi connectivity index (χ3n) is 8.98. The van der Waals surface area contributed by atoms with E-state index in [1.54, 1.807) is 0 Å². The first-order valence-electron chi connectivity index (χ1n) is 13.6. The lowest BCUT2D eigenvalue weighted by Crippen LogP contribution is -2.54. The monoisotopic (exact) mass is 576 g/mol. The lowest BCUT2D eigenvalue weighted by atomic mass is 9.53. The van der Waals surface area contributed by atoms with E-state index in [4.69, 9.17) is 34.8 Å². The Morgan fingerprint density at radius 2 is 0.795 bits per heavy atom. The number of rotatable bonds is 8. The number of halogens is 3. The Morgan fingerprint density at radius 3 is 1.05 bits per heavy atom. The van der Waals surface area contributed by atoms with Gasteiger partial charge in [0.25, 0.3) is 0 Å². The predicted molar refractivity (Wildman–Crippen MR) is 162 cm³/mol. The largest absolute Gasteiger partial charge is 0.396 e. The average Bonchev–Trinajstić information content (AvgIpc) is 3.39. The van der Waals surface area contributed by atoms with Crippen LogP contribution >= 0.6 is 34.8 Å². The van der Waals surface area contributed by atoms with E-state index in [0.717, 1.165) is 44.5 Å². The molecule has 5 heteroatoms.